The molecule has 0 spiro atoms. The highest BCUT2D eigenvalue weighted by atomic mass is 19.1. The molecule has 4 heteroatoms. The van der Waals surface area contributed by atoms with Gasteiger partial charge in [-0.15, -0.1) is 0 Å². The van der Waals surface area contributed by atoms with Crippen LogP contribution < -0.4 is 4.74 Å². The fourth-order valence-corrected chi connectivity index (χ4v) is 1.82. The van der Waals surface area contributed by atoms with Gasteiger partial charge in [0.15, 0.2) is 0 Å². The van der Waals surface area contributed by atoms with Crippen molar-refractivity contribution < 1.29 is 18.6 Å². The molecule has 15 heavy (non-hydrogen) atoms. The van der Waals surface area contributed by atoms with Crippen LogP contribution in [0.5, 0.6) is 5.75 Å². The highest BCUT2D eigenvalue weighted by Gasteiger charge is 2.27. The minimum atomic E-state index is -0.669. The lowest BCUT2D eigenvalue weighted by Gasteiger charge is -2.16. The third-order valence-electron chi connectivity index (χ3n) is 2.54. The summed E-state index contributed by atoms with van der Waals surface area (Å²) in [6.07, 6.45) is 1.41. The zero-order chi connectivity index (χ0) is 10.8. The van der Waals surface area contributed by atoms with Gasteiger partial charge in [-0.25, -0.2) is 8.78 Å². The second-order valence-corrected chi connectivity index (χ2v) is 3.76. The summed E-state index contributed by atoms with van der Waals surface area (Å²) in [7, 11) is 0. The Bertz CT molecular complexity index is 334. The summed E-state index contributed by atoms with van der Waals surface area (Å²) < 4.78 is 31.0. The van der Waals surface area contributed by atoms with E-state index in [1.165, 1.54) is 0 Å². The first-order valence-electron chi connectivity index (χ1n) is 4.96. The maximum Gasteiger partial charge on any atom is 0.129 e. The Morgan fingerprint density at radius 3 is 2.33 bits per heavy atom. The summed E-state index contributed by atoms with van der Waals surface area (Å²) in [5.41, 5.74) is 0. The second kappa shape index (κ2) is 4.14. The van der Waals surface area contributed by atoms with Gasteiger partial charge in [0.05, 0.1) is 6.10 Å². The van der Waals surface area contributed by atoms with Crippen molar-refractivity contribution in [2.75, 3.05) is 0 Å². The van der Waals surface area contributed by atoms with E-state index >= 15 is 0 Å². The van der Waals surface area contributed by atoms with Gasteiger partial charge in [-0.3, -0.25) is 0 Å². The van der Waals surface area contributed by atoms with Crippen LogP contribution in [0.25, 0.3) is 0 Å². The summed E-state index contributed by atoms with van der Waals surface area (Å²) in [5, 5.41) is 9.48. The summed E-state index contributed by atoms with van der Waals surface area (Å²) in [4.78, 5) is 0. The van der Waals surface area contributed by atoms with Gasteiger partial charge >= 0.3 is 0 Å². The molecule has 1 saturated carbocycles. The number of aliphatic hydroxyl groups is 1. The molecule has 0 heterocycles. The Balaban J connectivity index is 2.10. The Morgan fingerprint density at radius 1 is 1.13 bits per heavy atom. The lowest BCUT2D eigenvalue weighted by molar-refractivity contribution is 0.0600. The quantitative estimate of drug-likeness (QED) is 0.818. The lowest BCUT2D eigenvalue weighted by Crippen LogP contribution is -2.25. The molecule has 2 atom stereocenters. The van der Waals surface area contributed by atoms with Gasteiger partial charge < -0.3 is 9.84 Å². The van der Waals surface area contributed by atoms with Gasteiger partial charge in [-0.2, -0.15) is 0 Å². The van der Waals surface area contributed by atoms with Crippen molar-refractivity contribution in [3.05, 3.63) is 29.8 Å². The largest absolute Gasteiger partial charge is 0.488 e. The number of rotatable bonds is 2. The Morgan fingerprint density at radius 2 is 1.80 bits per heavy atom. The van der Waals surface area contributed by atoms with Gasteiger partial charge in [0, 0.05) is 18.2 Å². The first-order chi connectivity index (χ1) is 7.15. The zero-order valence-electron chi connectivity index (χ0n) is 8.12. The molecule has 0 radical (unpaired) electrons. The topological polar surface area (TPSA) is 29.5 Å². The van der Waals surface area contributed by atoms with Gasteiger partial charge in [-0.1, -0.05) is 0 Å². The predicted molar refractivity (Wildman–Crippen MR) is 50.6 cm³/mol. The summed E-state index contributed by atoms with van der Waals surface area (Å²) >= 11 is 0. The third-order valence-corrected chi connectivity index (χ3v) is 2.54. The number of benzene rings is 1. The third kappa shape index (κ3) is 2.45. The molecular formula is C11H12F2O2. The maximum atomic E-state index is 12.8. The molecule has 0 unspecified atom stereocenters. The molecular weight excluding hydrogens is 202 g/mol. The van der Waals surface area contributed by atoms with E-state index in [4.69, 9.17) is 4.74 Å². The molecule has 1 aromatic rings. The zero-order valence-corrected chi connectivity index (χ0v) is 8.12. The summed E-state index contributed by atoms with van der Waals surface area (Å²) in [5.74, 6) is -1.20. The Labute approximate surface area is 86.5 Å². The van der Waals surface area contributed by atoms with Crippen LogP contribution in [0.1, 0.15) is 19.3 Å². The van der Waals surface area contributed by atoms with Crippen molar-refractivity contribution in [3.63, 3.8) is 0 Å². The average molecular weight is 214 g/mol. The number of hydrogen-bond acceptors (Lipinski definition) is 2. The summed E-state index contributed by atoms with van der Waals surface area (Å²) in [6.45, 7) is 0. The molecule has 0 bridgehead atoms. The van der Waals surface area contributed by atoms with Crippen LogP contribution in [-0.2, 0) is 0 Å². The number of aliphatic hydroxyl groups excluding tert-OH is 1. The van der Waals surface area contributed by atoms with E-state index in [0.29, 0.717) is 6.42 Å². The Kier molecular flexibility index (Phi) is 2.86. The molecule has 0 aromatic heterocycles. The second-order valence-electron chi connectivity index (χ2n) is 3.76. The Hall–Kier alpha value is -1.16. The van der Waals surface area contributed by atoms with E-state index in [0.717, 1.165) is 31.0 Å². The highest BCUT2D eigenvalue weighted by Crippen LogP contribution is 2.25. The van der Waals surface area contributed by atoms with Gasteiger partial charge in [0.25, 0.3) is 0 Å². The monoisotopic (exact) mass is 214 g/mol. The number of ether oxygens (including phenoxy) is 1. The first kappa shape index (κ1) is 10.4. The van der Waals surface area contributed by atoms with E-state index in [-0.39, 0.29) is 11.9 Å². The average Bonchev–Trinajstić information content (AvgIpc) is 2.50. The van der Waals surface area contributed by atoms with Crippen LogP contribution in [0.2, 0.25) is 0 Å². The molecule has 1 fully saturated rings. The predicted octanol–water partition coefficient (Wildman–Crippen LogP) is 2.26. The molecule has 1 aliphatic carbocycles. The molecule has 1 N–H and O–H groups in total. The van der Waals surface area contributed by atoms with Crippen molar-refractivity contribution in [2.45, 2.75) is 31.5 Å². The lowest BCUT2D eigenvalue weighted by atomic mass is 10.2. The highest BCUT2D eigenvalue weighted by molar-refractivity contribution is 5.24. The van der Waals surface area contributed by atoms with Gasteiger partial charge in [0.1, 0.15) is 23.5 Å². The fraction of sp³-hybridized carbons (Fsp3) is 0.455. The number of hydrogen-bond donors (Lipinski definition) is 1. The van der Waals surface area contributed by atoms with E-state index in [1.54, 1.807) is 0 Å². The van der Waals surface area contributed by atoms with Crippen LogP contribution >= 0.6 is 0 Å². The smallest absolute Gasteiger partial charge is 0.129 e. The maximum absolute atomic E-state index is 12.8. The molecule has 1 aliphatic rings. The fourth-order valence-electron chi connectivity index (χ4n) is 1.82. The first-order valence-corrected chi connectivity index (χ1v) is 4.96. The van der Waals surface area contributed by atoms with E-state index in [1.807, 2.05) is 0 Å². The van der Waals surface area contributed by atoms with Crippen LogP contribution in [0.15, 0.2) is 18.2 Å². The van der Waals surface area contributed by atoms with Crippen molar-refractivity contribution >= 4 is 0 Å². The van der Waals surface area contributed by atoms with Crippen LogP contribution in [0, 0.1) is 11.6 Å². The minimum Gasteiger partial charge on any atom is -0.488 e. The SMILES string of the molecule is O[C@@H]1CCC[C@H]1Oc1cc(F)cc(F)c1. The van der Waals surface area contributed by atoms with Crippen molar-refractivity contribution in [3.8, 4) is 5.75 Å². The molecule has 2 rings (SSSR count). The van der Waals surface area contributed by atoms with Gasteiger partial charge in [0.2, 0.25) is 0 Å². The van der Waals surface area contributed by atoms with Crippen molar-refractivity contribution in [1.29, 1.82) is 0 Å². The van der Waals surface area contributed by atoms with Crippen LogP contribution in [-0.4, -0.2) is 17.3 Å². The molecule has 82 valence electrons. The standard InChI is InChI=1S/C11H12F2O2/c12-7-4-8(13)6-9(5-7)15-11-3-1-2-10(11)14/h4-6,10-11,14H,1-3H2/t10-,11-/m1/s1. The van der Waals surface area contributed by atoms with E-state index in [9.17, 15) is 13.9 Å². The van der Waals surface area contributed by atoms with Crippen LogP contribution in [0.3, 0.4) is 0 Å². The minimum absolute atomic E-state index is 0.137. The number of halogens is 2. The van der Waals surface area contributed by atoms with Gasteiger partial charge in [-0.05, 0) is 19.3 Å². The van der Waals surface area contributed by atoms with E-state index < -0.39 is 17.7 Å². The van der Waals surface area contributed by atoms with E-state index in [2.05, 4.69) is 0 Å². The molecule has 0 aliphatic heterocycles. The molecule has 0 saturated heterocycles. The summed E-state index contributed by atoms with van der Waals surface area (Å²) in [6, 6.07) is 3.03. The molecule has 1 aromatic carbocycles. The van der Waals surface area contributed by atoms with Crippen molar-refractivity contribution in [2.24, 2.45) is 0 Å². The van der Waals surface area contributed by atoms with Crippen molar-refractivity contribution in [1.82, 2.24) is 0 Å². The molecule has 0 amide bonds. The van der Waals surface area contributed by atoms with Crippen LogP contribution in [0.4, 0.5) is 8.78 Å². The molecule has 2 nitrogen and oxygen atoms in total. The normalized spacial score (nSPS) is 25.5.